The number of alkyl halides is 3. The van der Waals surface area contributed by atoms with Gasteiger partial charge in [0.2, 0.25) is 0 Å². The number of nitrogens with one attached hydrogen (secondary N) is 1. The number of hydrogen-bond donors (Lipinski definition) is 2. The molecule has 0 amide bonds. The van der Waals surface area contributed by atoms with Crippen molar-refractivity contribution in [3.8, 4) is 5.75 Å². The molecule has 4 nitrogen and oxygen atoms in total. The van der Waals surface area contributed by atoms with Crippen molar-refractivity contribution in [1.29, 1.82) is 0 Å². The van der Waals surface area contributed by atoms with Crippen LogP contribution in [-0.2, 0) is 6.18 Å². The third-order valence-corrected chi connectivity index (χ3v) is 3.07. The van der Waals surface area contributed by atoms with Crippen molar-refractivity contribution >= 4 is 5.82 Å². The SMILES string of the molecule is COc1ccccc1[C@@H](O)CNc1ncccc1C(F)(F)F. The Morgan fingerprint density at radius 3 is 2.64 bits per heavy atom. The molecular weight excluding hydrogens is 297 g/mol. The molecule has 1 aromatic carbocycles. The molecule has 22 heavy (non-hydrogen) atoms. The zero-order valence-corrected chi connectivity index (χ0v) is 11.8. The summed E-state index contributed by atoms with van der Waals surface area (Å²) in [5, 5.41) is 12.7. The number of methoxy groups -OCH3 is 1. The van der Waals surface area contributed by atoms with Crippen molar-refractivity contribution in [2.24, 2.45) is 0 Å². The van der Waals surface area contributed by atoms with Gasteiger partial charge in [-0.1, -0.05) is 18.2 Å². The minimum absolute atomic E-state index is 0.125. The highest BCUT2D eigenvalue weighted by Gasteiger charge is 2.34. The topological polar surface area (TPSA) is 54.4 Å². The average molecular weight is 312 g/mol. The Bertz CT molecular complexity index is 632. The van der Waals surface area contributed by atoms with E-state index in [1.807, 2.05) is 0 Å². The zero-order chi connectivity index (χ0) is 16.2. The van der Waals surface area contributed by atoms with Gasteiger partial charge in [0.15, 0.2) is 0 Å². The maximum absolute atomic E-state index is 12.9. The molecule has 0 radical (unpaired) electrons. The standard InChI is InChI=1S/C15H15F3N2O2/c1-22-13-7-3-2-5-10(13)12(21)9-20-14-11(15(16,17)18)6-4-8-19-14/h2-8,12,21H,9H2,1H3,(H,19,20)/t12-/m0/s1. The van der Waals surface area contributed by atoms with E-state index < -0.39 is 17.8 Å². The highest BCUT2D eigenvalue weighted by molar-refractivity contribution is 5.46. The van der Waals surface area contributed by atoms with Crippen molar-refractivity contribution in [2.45, 2.75) is 12.3 Å². The van der Waals surface area contributed by atoms with Gasteiger partial charge in [0.25, 0.3) is 0 Å². The summed E-state index contributed by atoms with van der Waals surface area (Å²) in [5.74, 6) is 0.151. The average Bonchev–Trinajstić information content (AvgIpc) is 2.52. The molecular formula is C15H15F3N2O2. The van der Waals surface area contributed by atoms with E-state index in [2.05, 4.69) is 10.3 Å². The minimum atomic E-state index is -4.51. The molecule has 7 heteroatoms. The van der Waals surface area contributed by atoms with Gasteiger partial charge >= 0.3 is 6.18 Å². The third kappa shape index (κ3) is 3.67. The van der Waals surface area contributed by atoms with Gasteiger partial charge in [-0.15, -0.1) is 0 Å². The monoisotopic (exact) mass is 312 g/mol. The van der Waals surface area contributed by atoms with E-state index in [0.717, 1.165) is 6.07 Å². The number of hydrogen-bond acceptors (Lipinski definition) is 4. The zero-order valence-electron chi connectivity index (χ0n) is 11.8. The molecule has 2 N–H and O–H groups in total. The van der Waals surface area contributed by atoms with E-state index in [9.17, 15) is 18.3 Å². The van der Waals surface area contributed by atoms with Gasteiger partial charge in [-0.05, 0) is 18.2 Å². The summed E-state index contributed by atoms with van der Waals surface area (Å²) in [6, 6.07) is 8.91. The quantitative estimate of drug-likeness (QED) is 0.890. The lowest BCUT2D eigenvalue weighted by Gasteiger charge is -2.17. The molecule has 2 rings (SSSR count). The lowest BCUT2D eigenvalue weighted by atomic mass is 10.1. The first-order valence-electron chi connectivity index (χ1n) is 6.50. The summed E-state index contributed by atoms with van der Waals surface area (Å²) in [5.41, 5.74) is -0.385. The molecule has 1 atom stereocenters. The molecule has 0 bridgehead atoms. The normalized spacial score (nSPS) is 12.8. The van der Waals surface area contributed by atoms with Crippen LogP contribution in [0.25, 0.3) is 0 Å². The Labute approximate surface area is 125 Å². The fourth-order valence-electron chi connectivity index (χ4n) is 2.02. The Morgan fingerprint density at radius 1 is 1.23 bits per heavy atom. The summed E-state index contributed by atoms with van der Waals surface area (Å²) in [6.07, 6.45) is -4.28. The van der Waals surface area contributed by atoms with Crippen LogP contribution in [0.4, 0.5) is 19.0 Å². The summed E-state index contributed by atoms with van der Waals surface area (Å²) in [7, 11) is 1.46. The summed E-state index contributed by atoms with van der Waals surface area (Å²) < 4.78 is 43.7. The van der Waals surface area contributed by atoms with E-state index in [1.165, 1.54) is 19.4 Å². The lowest BCUT2D eigenvalue weighted by molar-refractivity contribution is -0.137. The molecule has 0 fully saturated rings. The van der Waals surface area contributed by atoms with Crippen LogP contribution >= 0.6 is 0 Å². The first-order chi connectivity index (χ1) is 10.4. The van der Waals surface area contributed by atoms with Gasteiger partial charge in [0.1, 0.15) is 11.6 Å². The second-order valence-corrected chi connectivity index (χ2v) is 4.54. The fraction of sp³-hybridized carbons (Fsp3) is 0.267. The molecule has 118 valence electrons. The number of anilines is 1. The van der Waals surface area contributed by atoms with Crippen LogP contribution in [0.15, 0.2) is 42.6 Å². The van der Waals surface area contributed by atoms with Crippen molar-refractivity contribution in [2.75, 3.05) is 19.0 Å². The van der Waals surface area contributed by atoms with Crippen molar-refractivity contribution < 1.29 is 23.0 Å². The Kier molecular flexibility index (Phi) is 4.87. The molecule has 1 heterocycles. The van der Waals surface area contributed by atoms with E-state index in [-0.39, 0.29) is 12.4 Å². The summed E-state index contributed by atoms with van der Waals surface area (Å²) in [6.45, 7) is -0.125. The van der Waals surface area contributed by atoms with Crippen LogP contribution in [-0.4, -0.2) is 23.7 Å². The third-order valence-electron chi connectivity index (χ3n) is 3.07. The number of para-hydroxylation sites is 1. The molecule has 0 spiro atoms. The largest absolute Gasteiger partial charge is 0.496 e. The minimum Gasteiger partial charge on any atom is -0.496 e. The van der Waals surface area contributed by atoms with Crippen LogP contribution < -0.4 is 10.1 Å². The predicted octanol–water partition coefficient (Wildman–Crippen LogP) is 3.25. The van der Waals surface area contributed by atoms with Crippen LogP contribution in [0.5, 0.6) is 5.75 Å². The lowest BCUT2D eigenvalue weighted by Crippen LogP contribution is -2.17. The number of rotatable bonds is 5. The Morgan fingerprint density at radius 2 is 1.95 bits per heavy atom. The number of halogens is 3. The van der Waals surface area contributed by atoms with Gasteiger partial charge in [-0.25, -0.2) is 4.98 Å². The predicted molar refractivity (Wildman–Crippen MR) is 75.7 cm³/mol. The number of benzene rings is 1. The van der Waals surface area contributed by atoms with Gasteiger partial charge in [0, 0.05) is 18.3 Å². The second kappa shape index (κ2) is 6.65. The van der Waals surface area contributed by atoms with Crippen molar-refractivity contribution in [3.05, 3.63) is 53.7 Å². The molecule has 0 saturated carbocycles. The fourth-order valence-corrected chi connectivity index (χ4v) is 2.02. The summed E-state index contributed by atoms with van der Waals surface area (Å²) >= 11 is 0. The smallest absolute Gasteiger partial charge is 0.419 e. The van der Waals surface area contributed by atoms with Crippen molar-refractivity contribution in [1.82, 2.24) is 4.98 Å². The number of pyridine rings is 1. The Hall–Kier alpha value is -2.28. The van der Waals surface area contributed by atoms with E-state index in [1.54, 1.807) is 24.3 Å². The molecule has 0 unspecified atom stereocenters. The van der Waals surface area contributed by atoms with Gasteiger partial charge in [-0.2, -0.15) is 13.2 Å². The molecule has 2 aromatic rings. The van der Waals surface area contributed by atoms with Crippen LogP contribution in [0, 0.1) is 0 Å². The maximum Gasteiger partial charge on any atom is 0.419 e. The summed E-state index contributed by atoms with van der Waals surface area (Å²) in [4.78, 5) is 3.68. The highest BCUT2D eigenvalue weighted by Crippen LogP contribution is 2.33. The van der Waals surface area contributed by atoms with Crippen LogP contribution in [0.1, 0.15) is 17.2 Å². The van der Waals surface area contributed by atoms with Crippen molar-refractivity contribution in [3.63, 3.8) is 0 Å². The number of aromatic nitrogens is 1. The molecule has 0 aliphatic heterocycles. The molecule has 0 aliphatic rings. The number of aliphatic hydroxyl groups excluding tert-OH is 1. The van der Waals surface area contributed by atoms with E-state index in [4.69, 9.17) is 4.74 Å². The first-order valence-corrected chi connectivity index (χ1v) is 6.50. The van der Waals surface area contributed by atoms with Crippen LogP contribution in [0.3, 0.4) is 0 Å². The molecule has 0 aliphatic carbocycles. The van der Waals surface area contributed by atoms with Gasteiger partial charge in [-0.3, -0.25) is 0 Å². The molecule has 0 saturated heterocycles. The van der Waals surface area contributed by atoms with Crippen LogP contribution in [0.2, 0.25) is 0 Å². The van der Waals surface area contributed by atoms with Gasteiger partial charge in [0.05, 0.1) is 18.8 Å². The van der Waals surface area contributed by atoms with E-state index in [0.29, 0.717) is 11.3 Å². The second-order valence-electron chi connectivity index (χ2n) is 4.54. The van der Waals surface area contributed by atoms with Gasteiger partial charge < -0.3 is 15.2 Å². The molecule has 1 aromatic heterocycles. The Balaban J connectivity index is 2.14. The highest BCUT2D eigenvalue weighted by atomic mass is 19.4. The van der Waals surface area contributed by atoms with E-state index >= 15 is 0 Å². The number of aliphatic hydroxyl groups is 1. The number of nitrogens with zero attached hydrogens (tertiary/aromatic N) is 1. The first kappa shape index (κ1) is 16.1. The number of ether oxygens (including phenoxy) is 1. The maximum atomic E-state index is 12.9.